The minimum absolute atomic E-state index is 0.0294. The molecule has 0 aliphatic carbocycles. The lowest BCUT2D eigenvalue weighted by atomic mass is 10.3. The van der Waals surface area contributed by atoms with E-state index in [4.69, 9.17) is 9.47 Å². The van der Waals surface area contributed by atoms with Crippen LogP contribution in [0.3, 0.4) is 0 Å². The van der Waals surface area contributed by atoms with E-state index in [1.54, 1.807) is 34.9 Å². The number of hydrogen-bond acceptors (Lipinski definition) is 5. The highest BCUT2D eigenvalue weighted by Crippen LogP contribution is 2.26. The molecule has 0 fully saturated rings. The number of benzene rings is 1. The van der Waals surface area contributed by atoms with E-state index in [0.717, 1.165) is 16.0 Å². The first-order valence-corrected chi connectivity index (χ1v) is 8.68. The van der Waals surface area contributed by atoms with Crippen LogP contribution in [-0.4, -0.2) is 30.2 Å². The summed E-state index contributed by atoms with van der Waals surface area (Å²) in [6.07, 6.45) is 0. The van der Waals surface area contributed by atoms with E-state index in [1.807, 2.05) is 18.4 Å². The molecule has 3 rings (SSSR count). The number of nitrogens with zero attached hydrogens (tertiary/aromatic N) is 1. The molecule has 3 aromatic rings. The predicted octanol–water partition coefficient (Wildman–Crippen LogP) is 3.53. The Balaban J connectivity index is 1.77. The van der Waals surface area contributed by atoms with Crippen molar-refractivity contribution in [3.05, 3.63) is 47.5 Å². The number of anilines is 1. The summed E-state index contributed by atoms with van der Waals surface area (Å²) in [4.78, 5) is 25.2. The number of hydrogen-bond donors (Lipinski definition) is 1. The van der Waals surface area contributed by atoms with Gasteiger partial charge < -0.3 is 19.4 Å². The molecule has 1 amide bonds. The first-order chi connectivity index (χ1) is 12.1. The van der Waals surface area contributed by atoms with Gasteiger partial charge in [0.2, 0.25) is 5.91 Å². The van der Waals surface area contributed by atoms with Gasteiger partial charge in [-0.05, 0) is 48.7 Å². The Morgan fingerprint density at radius 1 is 1.20 bits per heavy atom. The quantitative estimate of drug-likeness (QED) is 0.685. The number of thiophene rings is 1. The molecule has 0 radical (unpaired) electrons. The zero-order chi connectivity index (χ0) is 17.8. The number of rotatable bonds is 6. The number of carbonyl (C=O) groups is 2. The largest absolute Gasteiger partial charge is 0.494 e. The van der Waals surface area contributed by atoms with Gasteiger partial charge in [0.25, 0.3) is 0 Å². The van der Waals surface area contributed by atoms with Crippen molar-refractivity contribution in [1.29, 1.82) is 0 Å². The summed E-state index contributed by atoms with van der Waals surface area (Å²) in [7, 11) is 1.33. The Hall–Kier alpha value is -2.80. The molecule has 0 saturated carbocycles. The van der Waals surface area contributed by atoms with Gasteiger partial charge in [-0.2, -0.15) is 0 Å². The number of ether oxygens (including phenoxy) is 2. The molecule has 2 heterocycles. The van der Waals surface area contributed by atoms with Crippen LogP contribution in [0.25, 0.3) is 10.2 Å². The highest BCUT2D eigenvalue weighted by molar-refractivity contribution is 7.16. The lowest BCUT2D eigenvalue weighted by Gasteiger charge is -2.10. The fourth-order valence-electron chi connectivity index (χ4n) is 2.55. The Kier molecular flexibility index (Phi) is 5.04. The molecule has 0 aliphatic heterocycles. The standard InChI is InChI=1S/C18H18N2O4S/c1-3-24-14-6-4-13(5-7-14)19-16(21)11-20-15(18(22)23-2)10-12-8-9-25-17(12)20/h4-10H,3,11H2,1-2H3,(H,19,21). The van der Waals surface area contributed by atoms with Crippen molar-refractivity contribution in [2.75, 3.05) is 19.0 Å². The van der Waals surface area contributed by atoms with E-state index in [9.17, 15) is 9.59 Å². The second-order valence-electron chi connectivity index (χ2n) is 5.29. The van der Waals surface area contributed by atoms with Crippen LogP contribution in [0.15, 0.2) is 41.8 Å². The van der Waals surface area contributed by atoms with Crippen molar-refractivity contribution in [2.24, 2.45) is 0 Å². The smallest absolute Gasteiger partial charge is 0.354 e. The van der Waals surface area contributed by atoms with E-state index >= 15 is 0 Å². The van der Waals surface area contributed by atoms with Crippen LogP contribution in [-0.2, 0) is 16.1 Å². The SMILES string of the molecule is CCOc1ccc(NC(=O)Cn2c(C(=O)OC)cc3ccsc32)cc1. The molecule has 130 valence electrons. The third-order valence-corrected chi connectivity index (χ3v) is 4.60. The van der Waals surface area contributed by atoms with E-state index in [0.29, 0.717) is 18.0 Å². The minimum Gasteiger partial charge on any atom is -0.494 e. The second kappa shape index (κ2) is 7.40. The average Bonchev–Trinajstić information content (AvgIpc) is 3.19. The monoisotopic (exact) mass is 358 g/mol. The topological polar surface area (TPSA) is 69.6 Å². The molecule has 1 aromatic carbocycles. The van der Waals surface area contributed by atoms with Crippen LogP contribution in [0.2, 0.25) is 0 Å². The van der Waals surface area contributed by atoms with Gasteiger partial charge in [0.15, 0.2) is 0 Å². The number of amides is 1. The summed E-state index contributed by atoms with van der Waals surface area (Å²) in [5.74, 6) is 0.0664. The maximum Gasteiger partial charge on any atom is 0.354 e. The van der Waals surface area contributed by atoms with Gasteiger partial charge in [-0.25, -0.2) is 4.79 Å². The number of esters is 1. The predicted molar refractivity (Wildman–Crippen MR) is 97.4 cm³/mol. The summed E-state index contributed by atoms with van der Waals surface area (Å²) >= 11 is 1.48. The number of nitrogens with one attached hydrogen (secondary N) is 1. The van der Waals surface area contributed by atoms with Gasteiger partial charge in [0, 0.05) is 11.1 Å². The molecule has 0 saturated heterocycles. The van der Waals surface area contributed by atoms with Crippen LogP contribution in [0.4, 0.5) is 5.69 Å². The Labute approximate surface area is 149 Å². The average molecular weight is 358 g/mol. The van der Waals surface area contributed by atoms with Crippen molar-refractivity contribution in [2.45, 2.75) is 13.5 Å². The van der Waals surface area contributed by atoms with Crippen LogP contribution >= 0.6 is 11.3 Å². The Morgan fingerprint density at radius 3 is 2.64 bits per heavy atom. The molecule has 2 aromatic heterocycles. The molecule has 0 atom stereocenters. The van der Waals surface area contributed by atoms with Gasteiger partial charge in [0.1, 0.15) is 22.8 Å². The van der Waals surface area contributed by atoms with E-state index in [2.05, 4.69) is 5.32 Å². The molecular weight excluding hydrogens is 340 g/mol. The fourth-order valence-corrected chi connectivity index (χ4v) is 3.45. The lowest BCUT2D eigenvalue weighted by Crippen LogP contribution is -2.21. The first-order valence-electron chi connectivity index (χ1n) is 7.80. The third-order valence-electron chi connectivity index (χ3n) is 3.65. The molecule has 7 heteroatoms. The first kappa shape index (κ1) is 17.0. The van der Waals surface area contributed by atoms with Crippen molar-refractivity contribution in [3.63, 3.8) is 0 Å². The summed E-state index contributed by atoms with van der Waals surface area (Å²) in [5, 5.41) is 5.67. The number of methoxy groups -OCH3 is 1. The zero-order valence-corrected chi connectivity index (χ0v) is 14.8. The summed E-state index contributed by atoms with van der Waals surface area (Å²) in [6.45, 7) is 2.53. The maximum atomic E-state index is 12.4. The zero-order valence-electron chi connectivity index (χ0n) is 13.9. The van der Waals surface area contributed by atoms with Crippen molar-refractivity contribution < 1.29 is 19.1 Å². The van der Waals surface area contributed by atoms with Gasteiger partial charge in [-0.1, -0.05) is 0 Å². The maximum absolute atomic E-state index is 12.4. The van der Waals surface area contributed by atoms with Crippen LogP contribution in [0.5, 0.6) is 5.75 Å². The van der Waals surface area contributed by atoms with Gasteiger partial charge in [-0.3, -0.25) is 4.79 Å². The molecule has 25 heavy (non-hydrogen) atoms. The third kappa shape index (κ3) is 3.66. The molecule has 0 spiro atoms. The second-order valence-corrected chi connectivity index (χ2v) is 6.19. The summed E-state index contributed by atoms with van der Waals surface area (Å²) in [5.41, 5.74) is 1.04. The highest BCUT2D eigenvalue weighted by Gasteiger charge is 2.19. The van der Waals surface area contributed by atoms with Crippen LogP contribution < -0.4 is 10.1 Å². The highest BCUT2D eigenvalue weighted by atomic mass is 32.1. The molecule has 0 unspecified atom stereocenters. The molecule has 0 aliphatic rings. The van der Waals surface area contributed by atoms with Crippen LogP contribution in [0, 0.1) is 0 Å². The van der Waals surface area contributed by atoms with E-state index in [-0.39, 0.29) is 12.5 Å². The molecule has 1 N–H and O–H groups in total. The number of aromatic nitrogens is 1. The molecule has 6 nitrogen and oxygen atoms in total. The normalized spacial score (nSPS) is 10.6. The number of fused-ring (bicyclic) bond motifs is 1. The van der Waals surface area contributed by atoms with Gasteiger partial charge in [-0.15, -0.1) is 11.3 Å². The Bertz CT molecular complexity index is 896. The molecule has 0 bridgehead atoms. The van der Waals surface area contributed by atoms with Gasteiger partial charge >= 0.3 is 5.97 Å². The van der Waals surface area contributed by atoms with E-state index < -0.39 is 5.97 Å². The van der Waals surface area contributed by atoms with Crippen molar-refractivity contribution in [1.82, 2.24) is 4.57 Å². The van der Waals surface area contributed by atoms with E-state index in [1.165, 1.54) is 18.4 Å². The summed E-state index contributed by atoms with van der Waals surface area (Å²) < 4.78 is 11.9. The van der Waals surface area contributed by atoms with Crippen molar-refractivity contribution >= 4 is 39.1 Å². The number of carbonyl (C=O) groups excluding carboxylic acids is 2. The fraction of sp³-hybridized carbons (Fsp3) is 0.222. The molecular formula is C18H18N2O4S. The lowest BCUT2D eigenvalue weighted by molar-refractivity contribution is -0.116. The summed E-state index contributed by atoms with van der Waals surface area (Å²) in [6, 6.07) is 10.8. The van der Waals surface area contributed by atoms with Crippen molar-refractivity contribution in [3.8, 4) is 5.75 Å². The van der Waals surface area contributed by atoms with Crippen LogP contribution in [0.1, 0.15) is 17.4 Å². The Morgan fingerprint density at radius 2 is 1.96 bits per heavy atom. The van der Waals surface area contributed by atoms with Gasteiger partial charge in [0.05, 0.1) is 13.7 Å². The minimum atomic E-state index is -0.461.